The van der Waals surface area contributed by atoms with Gasteiger partial charge in [-0.05, 0) is 6.92 Å². The maximum absolute atomic E-state index is 11.1. The maximum atomic E-state index is 11.1. The number of nitrogens with zero attached hydrogens (tertiary/aromatic N) is 1. The van der Waals surface area contributed by atoms with E-state index in [1.165, 1.54) is 0 Å². The highest BCUT2D eigenvalue weighted by Gasteiger charge is 2.20. The van der Waals surface area contributed by atoms with Crippen molar-refractivity contribution in [1.82, 2.24) is 4.90 Å². The number of hydrogen-bond acceptors (Lipinski definition) is 3. The van der Waals surface area contributed by atoms with Gasteiger partial charge in [-0.15, -0.1) is 12.4 Å². The smallest absolute Gasteiger partial charge is 0.409 e. The van der Waals surface area contributed by atoms with Crippen molar-refractivity contribution in [1.29, 1.82) is 0 Å². The minimum absolute atomic E-state index is 0. The average Bonchev–Trinajstić information content (AvgIpc) is 2.06. The lowest BCUT2D eigenvalue weighted by atomic mass is 10.1. The summed E-state index contributed by atoms with van der Waals surface area (Å²) in [7, 11) is 0. The predicted octanol–water partition coefficient (Wildman–Crippen LogP) is 1.23. The Bertz CT molecular complexity index is 186. The lowest BCUT2D eigenvalue weighted by molar-refractivity contribution is -0.121. The summed E-state index contributed by atoms with van der Waals surface area (Å²) in [5.74, 6) is 0.232. The summed E-state index contributed by atoms with van der Waals surface area (Å²) in [6.45, 7) is 3.19. The molecule has 1 aliphatic heterocycles. The Kier molecular flexibility index (Phi) is 5.46. The van der Waals surface area contributed by atoms with E-state index in [0.717, 1.165) is 0 Å². The highest BCUT2D eigenvalue weighted by atomic mass is 35.5. The van der Waals surface area contributed by atoms with Gasteiger partial charge in [-0.1, -0.05) is 0 Å². The Balaban J connectivity index is 0.00000144. The van der Waals surface area contributed by atoms with Gasteiger partial charge in [0.05, 0.1) is 6.61 Å². The SMILES string of the molecule is CCOC(=O)N1CCC(=O)CC1.Cl. The number of carbonyl (C=O) groups is 2. The third-order valence-corrected chi connectivity index (χ3v) is 1.85. The van der Waals surface area contributed by atoms with Crippen LogP contribution < -0.4 is 0 Å². The van der Waals surface area contributed by atoms with Crippen molar-refractivity contribution in [2.24, 2.45) is 0 Å². The Morgan fingerprint density at radius 2 is 2.00 bits per heavy atom. The van der Waals surface area contributed by atoms with E-state index in [9.17, 15) is 9.59 Å². The topological polar surface area (TPSA) is 46.6 Å². The zero-order valence-electron chi connectivity index (χ0n) is 7.62. The first-order valence-corrected chi connectivity index (χ1v) is 4.17. The number of rotatable bonds is 1. The van der Waals surface area contributed by atoms with Crippen molar-refractivity contribution in [3.05, 3.63) is 0 Å². The first kappa shape index (κ1) is 12.2. The van der Waals surface area contributed by atoms with Crippen molar-refractivity contribution in [2.45, 2.75) is 19.8 Å². The Morgan fingerprint density at radius 3 is 2.46 bits per heavy atom. The van der Waals surface area contributed by atoms with E-state index in [1.807, 2.05) is 0 Å². The van der Waals surface area contributed by atoms with Gasteiger partial charge in [-0.2, -0.15) is 0 Å². The molecule has 0 saturated carbocycles. The van der Waals surface area contributed by atoms with Crippen molar-refractivity contribution >= 4 is 24.3 Å². The second-order valence-corrected chi connectivity index (χ2v) is 2.72. The van der Waals surface area contributed by atoms with Crippen molar-refractivity contribution in [3.8, 4) is 0 Å². The molecule has 13 heavy (non-hydrogen) atoms. The molecule has 5 heteroatoms. The summed E-state index contributed by atoms with van der Waals surface area (Å²) < 4.78 is 4.79. The van der Waals surface area contributed by atoms with E-state index in [1.54, 1.807) is 11.8 Å². The first-order valence-electron chi connectivity index (χ1n) is 4.17. The van der Waals surface area contributed by atoms with Gasteiger partial charge in [-0.3, -0.25) is 4.79 Å². The summed E-state index contributed by atoms with van der Waals surface area (Å²) in [4.78, 5) is 23.5. The van der Waals surface area contributed by atoms with Gasteiger partial charge in [0.25, 0.3) is 0 Å². The molecular weight excluding hydrogens is 194 g/mol. The fourth-order valence-corrected chi connectivity index (χ4v) is 1.15. The van der Waals surface area contributed by atoms with E-state index in [4.69, 9.17) is 4.74 Å². The number of halogens is 1. The molecule has 4 nitrogen and oxygen atoms in total. The Labute approximate surface area is 83.6 Å². The monoisotopic (exact) mass is 207 g/mol. The number of hydrogen-bond donors (Lipinski definition) is 0. The van der Waals surface area contributed by atoms with Crippen LogP contribution >= 0.6 is 12.4 Å². The molecule has 0 aromatic rings. The van der Waals surface area contributed by atoms with Crippen LogP contribution in [0, 0.1) is 0 Å². The zero-order valence-corrected chi connectivity index (χ0v) is 8.43. The first-order chi connectivity index (χ1) is 5.74. The van der Waals surface area contributed by atoms with Gasteiger partial charge in [-0.25, -0.2) is 4.79 Å². The molecule has 1 saturated heterocycles. The lowest BCUT2D eigenvalue weighted by Crippen LogP contribution is -2.38. The average molecular weight is 208 g/mol. The van der Waals surface area contributed by atoms with Crippen LogP contribution in [0.3, 0.4) is 0 Å². The van der Waals surface area contributed by atoms with Crippen LogP contribution in [0.1, 0.15) is 19.8 Å². The van der Waals surface area contributed by atoms with Crippen LogP contribution in [0.2, 0.25) is 0 Å². The molecule has 0 unspecified atom stereocenters. The fraction of sp³-hybridized carbons (Fsp3) is 0.750. The number of amides is 1. The Morgan fingerprint density at radius 1 is 1.46 bits per heavy atom. The Hall–Kier alpha value is -0.770. The molecule has 0 aliphatic carbocycles. The molecule has 0 spiro atoms. The number of ether oxygens (including phenoxy) is 1. The second kappa shape index (κ2) is 5.80. The molecule has 1 amide bonds. The lowest BCUT2D eigenvalue weighted by Gasteiger charge is -2.24. The minimum atomic E-state index is -0.301. The highest BCUT2D eigenvalue weighted by Crippen LogP contribution is 2.06. The number of piperidine rings is 1. The van der Waals surface area contributed by atoms with E-state index < -0.39 is 0 Å². The minimum Gasteiger partial charge on any atom is -0.450 e. The summed E-state index contributed by atoms with van der Waals surface area (Å²) in [6, 6.07) is 0. The third kappa shape index (κ3) is 3.63. The summed E-state index contributed by atoms with van der Waals surface area (Å²) in [5, 5.41) is 0. The molecule has 1 heterocycles. The molecule has 1 rings (SSSR count). The van der Waals surface area contributed by atoms with Crippen LogP contribution in [0.5, 0.6) is 0 Å². The van der Waals surface area contributed by atoms with Crippen LogP contribution in [0.4, 0.5) is 4.79 Å². The van der Waals surface area contributed by atoms with Crippen LogP contribution in [0.15, 0.2) is 0 Å². The van der Waals surface area contributed by atoms with Crippen molar-refractivity contribution in [3.63, 3.8) is 0 Å². The number of ketones is 1. The van der Waals surface area contributed by atoms with Crippen LogP contribution in [-0.2, 0) is 9.53 Å². The van der Waals surface area contributed by atoms with Crippen LogP contribution in [-0.4, -0.2) is 36.5 Å². The molecule has 0 atom stereocenters. The molecule has 76 valence electrons. The van der Waals surface area contributed by atoms with E-state index in [2.05, 4.69) is 0 Å². The molecule has 0 aromatic heterocycles. The number of carbonyl (C=O) groups excluding carboxylic acids is 2. The maximum Gasteiger partial charge on any atom is 0.409 e. The molecule has 0 aromatic carbocycles. The van der Waals surface area contributed by atoms with E-state index >= 15 is 0 Å². The molecule has 0 N–H and O–H groups in total. The molecule has 1 fully saturated rings. The van der Waals surface area contributed by atoms with Gasteiger partial charge in [0, 0.05) is 25.9 Å². The largest absolute Gasteiger partial charge is 0.450 e. The standard InChI is InChI=1S/C8H13NO3.ClH/c1-2-12-8(11)9-5-3-7(10)4-6-9;/h2-6H2,1H3;1H. The highest BCUT2D eigenvalue weighted by molar-refractivity contribution is 5.85. The second-order valence-electron chi connectivity index (χ2n) is 2.72. The summed E-state index contributed by atoms with van der Waals surface area (Å²) in [5.41, 5.74) is 0. The molecular formula is C8H14ClNO3. The van der Waals surface area contributed by atoms with Gasteiger partial charge >= 0.3 is 6.09 Å². The summed E-state index contributed by atoms with van der Waals surface area (Å²) >= 11 is 0. The van der Waals surface area contributed by atoms with E-state index in [0.29, 0.717) is 32.5 Å². The van der Waals surface area contributed by atoms with E-state index in [-0.39, 0.29) is 24.3 Å². The quantitative estimate of drug-likeness (QED) is 0.650. The fourth-order valence-electron chi connectivity index (χ4n) is 1.15. The molecule has 0 radical (unpaired) electrons. The van der Waals surface area contributed by atoms with Crippen molar-refractivity contribution in [2.75, 3.05) is 19.7 Å². The van der Waals surface area contributed by atoms with Gasteiger partial charge < -0.3 is 9.64 Å². The van der Waals surface area contributed by atoms with Crippen molar-refractivity contribution < 1.29 is 14.3 Å². The van der Waals surface area contributed by atoms with Crippen LogP contribution in [0.25, 0.3) is 0 Å². The number of Topliss-reactive ketones (excluding diaryl/α,β-unsaturated/α-hetero) is 1. The number of likely N-dealkylation sites (tertiary alicyclic amines) is 1. The van der Waals surface area contributed by atoms with Gasteiger partial charge in [0.15, 0.2) is 0 Å². The zero-order chi connectivity index (χ0) is 8.97. The molecule has 1 aliphatic rings. The van der Waals surface area contributed by atoms with Gasteiger partial charge in [0.2, 0.25) is 0 Å². The summed E-state index contributed by atoms with van der Waals surface area (Å²) in [6.07, 6.45) is 0.641. The normalized spacial score (nSPS) is 16.4. The third-order valence-electron chi connectivity index (χ3n) is 1.85. The van der Waals surface area contributed by atoms with Gasteiger partial charge in [0.1, 0.15) is 5.78 Å². The molecule has 0 bridgehead atoms. The predicted molar refractivity (Wildman–Crippen MR) is 50.1 cm³/mol.